The van der Waals surface area contributed by atoms with Crippen LogP contribution in [-0.4, -0.2) is 30.8 Å². The number of amides is 1. The molecule has 0 unspecified atom stereocenters. The number of aliphatic hydroxyl groups is 1. The van der Waals surface area contributed by atoms with Gasteiger partial charge in [-0.25, -0.2) is 0 Å². The highest BCUT2D eigenvalue weighted by molar-refractivity contribution is 5.94. The van der Waals surface area contributed by atoms with Crippen molar-refractivity contribution in [3.05, 3.63) is 29.8 Å². The molecule has 0 aliphatic heterocycles. The van der Waals surface area contributed by atoms with Crippen LogP contribution >= 0.6 is 0 Å². The summed E-state index contributed by atoms with van der Waals surface area (Å²) >= 11 is 0. The van der Waals surface area contributed by atoms with Gasteiger partial charge in [-0.05, 0) is 36.5 Å². The fraction of sp³-hybridized carbons (Fsp3) is 0.533. The SMILES string of the molecule is CC(C)(CO)CCCNC(=O)c1cccc(OC(F)F)c1. The molecule has 0 atom stereocenters. The predicted molar refractivity (Wildman–Crippen MR) is 75.5 cm³/mol. The Bertz CT molecular complexity index is 464. The number of rotatable bonds is 8. The van der Waals surface area contributed by atoms with Gasteiger partial charge in [-0.2, -0.15) is 8.78 Å². The van der Waals surface area contributed by atoms with E-state index < -0.39 is 6.61 Å². The van der Waals surface area contributed by atoms with Crippen LogP contribution in [0.15, 0.2) is 24.3 Å². The number of hydrogen-bond acceptors (Lipinski definition) is 3. The van der Waals surface area contributed by atoms with E-state index in [9.17, 15) is 13.6 Å². The summed E-state index contributed by atoms with van der Waals surface area (Å²) in [5, 5.41) is 11.8. The van der Waals surface area contributed by atoms with Crippen LogP contribution in [0.1, 0.15) is 37.0 Å². The first kappa shape index (κ1) is 17.4. The van der Waals surface area contributed by atoms with Crippen LogP contribution in [0.3, 0.4) is 0 Å². The Labute approximate surface area is 123 Å². The van der Waals surface area contributed by atoms with Crippen molar-refractivity contribution in [1.82, 2.24) is 5.32 Å². The number of aliphatic hydroxyl groups excluding tert-OH is 1. The summed E-state index contributed by atoms with van der Waals surface area (Å²) in [6, 6.07) is 5.67. The van der Waals surface area contributed by atoms with Crippen molar-refractivity contribution in [3.63, 3.8) is 0 Å². The molecule has 0 fully saturated rings. The number of alkyl halides is 2. The molecule has 0 radical (unpaired) electrons. The van der Waals surface area contributed by atoms with Gasteiger partial charge >= 0.3 is 6.61 Å². The van der Waals surface area contributed by atoms with Crippen molar-refractivity contribution in [2.24, 2.45) is 5.41 Å². The van der Waals surface area contributed by atoms with Crippen LogP contribution in [0.25, 0.3) is 0 Å². The van der Waals surface area contributed by atoms with Gasteiger partial charge in [-0.1, -0.05) is 19.9 Å². The molecular weight excluding hydrogens is 280 g/mol. The van der Waals surface area contributed by atoms with E-state index in [4.69, 9.17) is 5.11 Å². The Morgan fingerprint density at radius 1 is 1.43 bits per heavy atom. The molecule has 1 aromatic rings. The highest BCUT2D eigenvalue weighted by Crippen LogP contribution is 2.20. The average molecular weight is 301 g/mol. The molecule has 0 heterocycles. The van der Waals surface area contributed by atoms with Gasteiger partial charge in [0.25, 0.3) is 5.91 Å². The molecule has 1 aromatic carbocycles. The van der Waals surface area contributed by atoms with Gasteiger partial charge in [0.2, 0.25) is 0 Å². The van der Waals surface area contributed by atoms with Crippen molar-refractivity contribution >= 4 is 5.91 Å². The van der Waals surface area contributed by atoms with E-state index in [0.29, 0.717) is 6.54 Å². The summed E-state index contributed by atoms with van der Waals surface area (Å²) in [6.45, 7) is 1.53. The second-order valence-corrected chi connectivity index (χ2v) is 5.59. The van der Waals surface area contributed by atoms with E-state index in [-0.39, 0.29) is 29.2 Å². The highest BCUT2D eigenvalue weighted by Gasteiger charge is 2.16. The van der Waals surface area contributed by atoms with Gasteiger partial charge in [0, 0.05) is 18.7 Å². The Hall–Kier alpha value is -1.69. The summed E-state index contributed by atoms with van der Waals surface area (Å²) in [5.41, 5.74) is 0.102. The molecule has 1 rings (SSSR count). The number of halogens is 2. The Morgan fingerprint density at radius 2 is 2.14 bits per heavy atom. The van der Waals surface area contributed by atoms with E-state index in [1.54, 1.807) is 0 Å². The molecule has 6 heteroatoms. The summed E-state index contributed by atoms with van der Waals surface area (Å²) in [4.78, 5) is 11.9. The molecule has 1 amide bonds. The highest BCUT2D eigenvalue weighted by atomic mass is 19.3. The molecular formula is C15H21F2NO3. The molecule has 2 N–H and O–H groups in total. The molecule has 4 nitrogen and oxygen atoms in total. The maximum Gasteiger partial charge on any atom is 0.387 e. The zero-order valence-corrected chi connectivity index (χ0v) is 12.2. The van der Waals surface area contributed by atoms with Gasteiger partial charge in [-0.15, -0.1) is 0 Å². The Morgan fingerprint density at radius 3 is 2.76 bits per heavy atom. The van der Waals surface area contributed by atoms with E-state index in [0.717, 1.165) is 12.8 Å². The number of nitrogens with one attached hydrogen (secondary N) is 1. The smallest absolute Gasteiger partial charge is 0.387 e. The lowest BCUT2D eigenvalue weighted by atomic mass is 9.89. The van der Waals surface area contributed by atoms with Crippen LogP contribution in [0.5, 0.6) is 5.75 Å². The zero-order chi connectivity index (χ0) is 15.9. The van der Waals surface area contributed by atoms with Crippen molar-refractivity contribution in [3.8, 4) is 5.75 Å². The van der Waals surface area contributed by atoms with E-state index in [1.807, 2.05) is 13.8 Å². The lowest BCUT2D eigenvalue weighted by Gasteiger charge is -2.21. The van der Waals surface area contributed by atoms with Gasteiger partial charge in [0.1, 0.15) is 5.75 Å². The number of carbonyl (C=O) groups excluding carboxylic acids is 1. The number of ether oxygens (including phenoxy) is 1. The van der Waals surface area contributed by atoms with Crippen molar-refractivity contribution in [1.29, 1.82) is 0 Å². The topological polar surface area (TPSA) is 58.6 Å². The van der Waals surface area contributed by atoms with Gasteiger partial charge < -0.3 is 15.2 Å². The first-order valence-electron chi connectivity index (χ1n) is 6.78. The Balaban J connectivity index is 2.45. The minimum Gasteiger partial charge on any atom is -0.435 e. The van der Waals surface area contributed by atoms with Gasteiger partial charge in [0.15, 0.2) is 0 Å². The molecule has 0 aliphatic rings. The van der Waals surface area contributed by atoms with E-state index >= 15 is 0 Å². The largest absolute Gasteiger partial charge is 0.435 e. The normalized spacial score (nSPS) is 11.5. The number of hydrogen-bond donors (Lipinski definition) is 2. The van der Waals surface area contributed by atoms with Crippen molar-refractivity contribution < 1.29 is 23.4 Å². The third-order valence-corrected chi connectivity index (χ3v) is 3.07. The second kappa shape index (κ2) is 7.93. The zero-order valence-electron chi connectivity index (χ0n) is 12.2. The van der Waals surface area contributed by atoms with Crippen LogP contribution in [-0.2, 0) is 0 Å². The number of carbonyl (C=O) groups is 1. The number of benzene rings is 1. The third kappa shape index (κ3) is 6.53. The molecule has 0 bridgehead atoms. The van der Waals surface area contributed by atoms with Crippen LogP contribution in [0, 0.1) is 5.41 Å². The lowest BCUT2D eigenvalue weighted by molar-refractivity contribution is -0.0498. The fourth-order valence-corrected chi connectivity index (χ4v) is 1.76. The lowest BCUT2D eigenvalue weighted by Crippen LogP contribution is -2.26. The molecule has 0 aromatic heterocycles. The second-order valence-electron chi connectivity index (χ2n) is 5.59. The first-order valence-corrected chi connectivity index (χ1v) is 6.78. The van der Waals surface area contributed by atoms with Gasteiger partial charge in [0.05, 0.1) is 0 Å². The van der Waals surface area contributed by atoms with E-state index in [2.05, 4.69) is 10.1 Å². The summed E-state index contributed by atoms with van der Waals surface area (Å²) < 4.78 is 28.5. The Kier molecular flexibility index (Phi) is 6.55. The molecule has 118 valence electrons. The molecule has 0 spiro atoms. The maximum absolute atomic E-state index is 12.1. The average Bonchev–Trinajstić information content (AvgIpc) is 2.43. The summed E-state index contributed by atoms with van der Waals surface area (Å²) in [7, 11) is 0. The maximum atomic E-state index is 12.1. The quantitative estimate of drug-likeness (QED) is 0.726. The first-order chi connectivity index (χ1) is 9.84. The molecule has 0 aliphatic carbocycles. The minimum absolute atomic E-state index is 0.0425. The molecule has 0 saturated carbocycles. The molecule has 21 heavy (non-hydrogen) atoms. The fourth-order valence-electron chi connectivity index (χ4n) is 1.76. The summed E-state index contributed by atoms with van der Waals surface area (Å²) in [6.07, 6.45) is 1.50. The van der Waals surface area contributed by atoms with Crippen LogP contribution < -0.4 is 10.1 Å². The van der Waals surface area contributed by atoms with Crippen molar-refractivity contribution in [2.75, 3.05) is 13.2 Å². The van der Waals surface area contributed by atoms with Gasteiger partial charge in [-0.3, -0.25) is 4.79 Å². The predicted octanol–water partition coefficient (Wildman–Crippen LogP) is 2.82. The third-order valence-electron chi connectivity index (χ3n) is 3.07. The summed E-state index contributed by atoms with van der Waals surface area (Å²) in [5.74, 6) is -0.379. The van der Waals surface area contributed by atoms with Crippen LogP contribution in [0.2, 0.25) is 0 Å². The standard InChI is InChI=1S/C15H21F2NO3/c1-15(2,10-19)7-4-8-18-13(20)11-5-3-6-12(9-11)21-14(16)17/h3,5-6,9,14,19H,4,7-8,10H2,1-2H3,(H,18,20). The molecule has 0 saturated heterocycles. The van der Waals surface area contributed by atoms with Crippen molar-refractivity contribution in [2.45, 2.75) is 33.3 Å². The monoisotopic (exact) mass is 301 g/mol. The van der Waals surface area contributed by atoms with E-state index in [1.165, 1.54) is 24.3 Å². The minimum atomic E-state index is -2.91. The van der Waals surface area contributed by atoms with Crippen LogP contribution in [0.4, 0.5) is 8.78 Å².